The van der Waals surface area contributed by atoms with Crippen molar-refractivity contribution in [3.63, 3.8) is 0 Å². The Bertz CT molecular complexity index is 446. The number of rotatable bonds is 6. The van der Waals surface area contributed by atoms with Gasteiger partial charge in [-0.3, -0.25) is 0 Å². The molecule has 1 aromatic carbocycles. The third-order valence-electron chi connectivity index (χ3n) is 4.93. The highest BCUT2D eigenvalue weighted by Gasteiger charge is 2.40. The molecule has 0 unspecified atom stereocenters. The number of likely N-dealkylation sites (tertiary alicyclic amines) is 1. The van der Waals surface area contributed by atoms with Gasteiger partial charge in [-0.1, -0.05) is 19.1 Å². The van der Waals surface area contributed by atoms with Gasteiger partial charge >= 0.3 is 0 Å². The molecule has 3 rings (SSSR count). The van der Waals surface area contributed by atoms with Crippen molar-refractivity contribution >= 4 is 0 Å². The summed E-state index contributed by atoms with van der Waals surface area (Å²) in [6.07, 6.45) is 4.80. The van der Waals surface area contributed by atoms with Crippen LogP contribution in [0.2, 0.25) is 0 Å². The van der Waals surface area contributed by atoms with E-state index in [1.54, 1.807) is 0 Å². The predicted molar refractivity (Wildman–Crippen MR) is 84.9 cm³/mol. The monoisotopic (exact) mass is 289 g/mol. The molecular formula is C18H27NO2. The standard InChI is InChI=1S/C18H27NO2/c1-2-16-5-3-6-17(13-16)21-12-4-9-19-10-7-18(8-11-19)14-20-15-18/h3,5-6,13H,2,4,7-12,14-15H2,1H3. The number of ether oxygens (including phenoxy) is 2. The topological polar surface area (TPSA) is 21.7 Å². The van der Waals surface area contributed by atoms with E-state index in [0.29, 0.717) is 5.41 Å². The zero-order valence-corrected chi connectivity index (χ0v) is 13.1. The Kier molecular flexibility index (Phi) is 4.81. The van der Waals surface area contributed by atoms with E-state index in [2.05, 4.69) is 36.1 Å². The lowest BCUT2D eigenvalue weighted by molar-refractivity contribution is -0.139. The molecule has 0 N–H and O–H groups in total. The molecule has 2 aliphatic rings. The molecule has 1 spiro atoms. The molecule has 0 aliphatic carbocycles. The Labute approximate surface area is 128 Å². The van der Waals surface area contributed by atoms with Gasteiger partial charge < -0.3 is 14.4 Å². The third kappa shape index (κ3) is 3.78. The quantitative estimate of drug-likeness (QED) is 0.751. The third-order valence-corrected chi connectivity index (χ3v) is 4.93. The van der Waals surface area contributed by atoms with E-state index in [-0.39, 0.29) is 0 Å². The van der Waals surface area contributed by atoms with Gasteiger partial charge in [-0.2, -0.15) is 0 Å². The van der Waals surface area contributed by atoms with Gasteiger partial charge in [-0.25, -0.2) is 0 Å². The van der Waals surface area contributed by atoms with Crippen LogP contribution in [0, 0.1) is 5.41 Å². The molecule has 0 bridgehead atoms. The Balaban J connectivity index is 1.33. The van der Waals surface area contributed by atoms with Crippen LogP contribution >= 0.6 is 0 Å². The lowest BCUT2D eigenvalue weighted by Crippen LogP contribution is -2.51. The summed E-state index contributed by atoms with van der Waals surface area (Å²) in [5.41, 5.74) is 1.89. The molecule has 1 aromatic rings. The van der Waals surface area contributed by atoms with Crippen molar-refractivity contribution in [2.75, 3.05) is 39.5 Å². The van der Waals surface area contributed by atoms with Crippen LogP contribution in [0.4, 0.5) is 0 Å². The van der Waals surface area contributed by atoms with Crippen LogP contribution in [-0.4, -0.2) is 44.4 Å². The van der Waals surface area contributed by atoms with Crippen LogP contribution in [-0.2, 0) is 11.2 Å². The summed E-state index contributed by atoms with van der Waals surface area (Å²) in [7, 11) is 0. The average Bonchev–Trinajstić information content (AvgIpc) is 2.51. The Hall–Kier alpha value is -1.06. The molecular weight excluding hydrogens is 262 g/mol. The fourth-order valence-electron chi connectivity index (χ4n) is 3.26. The number of hydrogen-bond donors (Lipinski definition) is 0. The van der Waals surface area contributed by atoms with Crippen molar-refractivity contribution < 1.29 is 9.47 Å². The number of benzene rings is 1. The van der Waals surface area contributed by atoms with Gasteiger partial charge in [-0.05, 0) is 56.5 Å². The summed E-state index contributed by atoms with van der Waals surface area (Å²) < 4.78 is 11.2. The van der Waals surface area contributed by atoms with E-state index in [1.807, 2.05) is 0 Å². The number of hydrogen-bond acceptors (Lipinski definition) is 3. The molecule has 2 fully saturated rings. The SMILES string of the molecule is CCc1cccc(OCCCN2CCC3(CC2)COC3)c1. The Morgan fingerprint density at radius 1 is 1.24 bits per heavy atom. The second-order valence-electron chi connectivity index (χ2n) is 6.54. The summed E-state index contributed by atoms with van der Waals surface area (Å²) in [6, 6.07) is 8.45. The van der Waals surface area contributed by atoms with E-state index in [1.165, 1.54) is 31.5 Å². The van der Waals surface area contributed by atoms with Crippen molar-refractivity contribution in [3.8, 4) is 5.75 Å². The first-order chi connectivity index (χ1) is 10.3. The minimum atomic E-state index is 0.549. The molecule has 0 saturated carbocycles. The van der Waals surface area contributed by atoms with E-state index in [9.17, 15) is 0 Å². The average molecular weight is 289 g/mol. The molecule has 0 aromatic heterocycles. The van der Waals surface area contributed by atoms with Gasteiger partial charge in [0.15, 0.2) is 0 Å². The van der Waals surface area contributed by atoms with Gasteiger partial charge in [0.25, 0.3) is 0 Å². The second kappa shape index (κ2) is 6.80. The van der Waals surface area contributed by atoms with Crippen molar-refractivity contribution in [3.05, 3.63) is 29.8 Å². The smallest absolute Gasteiger partial charge is 0.119 e. The van der Waals surface area contributed by atoms with Crippen molar-refractivity contribution in [2.45, 2.75) is 32.6 Å². The second-order valence-corrected chi connectivity index (χ2v) is 6.54. The van der Waals surface area contributed by atoms with Gasteiger partial charge in [0, 0.05) is 12.0 Å². The molecule has 0 amide bonds. The first-order valence-electron chi connectivity index (χ1n) is 8.32. The first kappa shape index (κ1) is 14.9. The summed E-state index contributed by atoms with van der Waals surface area (Å²) in [6.45, 7) is 8.61. The fourth-order valence-corrected chi connectivity index (χ4v) is 3.26. The lowest BCUT2D eigenvalue weighted by Gasteiger charge is -2.47. The Morgan fingerprint density at radius 3 is 2.71 bits per heavy atom. The van der Waals surface area contributed by atoms with Gasteiger partial charge in [-0.15, -0.1) is 0 Å². The van der Waals surface area contributed by atoms with Crippen LogP contribution in [0.5, 0.6) is 5.75 Å². The first-order valence-corrected chi connectivity index (χ1v) is 8.32. The molecule has 2 saturated heterocycles. The van der Waals surface area contributed by atoms with Crippen molar-refractivity contribution in [1.82, 2.24) is 4.90 Å². The molecule has 3 heteroatoms. The fraction of sp³-hybridized carbons (Fsp3) is 0.667. The highest BCUT2D eigenvalue weighted by atomic mass is 16.5. The van der Waals surface area contributed by atoms with Crippen LogP contribution in [0.3, 0.4) is 0 Å². The maximum atomic E-state index is 5.87. The zero-order valence-electron chi connectivity index (χ0n) is 13.1. The highest BCUT2D eigenvalue weighted by molar-refractivity contribution is 5.28. The lowest BCUT2D eigenvalue weighted by atomic mass is 9.77. The van der Waals surface area contributed by atoms with E-state index < -0.39 is 0 Å². The minimum Gasteiger partial charge on any atom is -0.494 e. The molecule has 0 atom stereocenters. The Morgan fingerprint density at radius 2 is 2.05 bits per heavy atom. The summed E-state index contributed by atoms with van der Waals surface area (Å²) in [5, 5.41) is 0. The van der Waals surface area contributed by atoms with Crippen LogP contribution in [0.25, 0.3) is 0 Å². The van der Waals surface area contributed by atoms with E-state index >= 15 is 0 Å². The predicted octanol–water partition coefficient (Wildman–Crippen LogP) is 3.13. The molecule has 2 heterocycles. The molecule has 116 valence electrons. The van der Waals surface area contributed by atoms with Gasteiger partial charge in [0.05, 0.1) is 19.8 Å². The highest BCUT2D eigenvalue weighted by Crippen LogP contribution is 2.38. The van der Waals surface area contributed by atoms with Crippen LogP contribution in [0.15, 0.2) is 24.3 Å². The number of nitrogens with zero attached hydrogens (tertiary/aromatic N) is 1. The summed E-state index contributed by atoms with van der Waals surface area (Å²) in [5.74, 6) is 1.01. The normalized spacial score (nSPS) is 21.2. The maximum absolute atomic E-state index is 5.87. The van der Waals surface area contributed by atoms with E-state index in [4.69, 9.17) is 9.47 Å². The van der Waals surface area contributed by atoms with Crippen molar-refractivity contribution in [1.29, 1.82) is 0 Å². The minimum absolute atomic E-state index is 0.549. The maximum Gasteiger partial charge on any atom is 0.119 e. The molecule has 3 nitrogen and oxygen atoms in total. The van der Waals surface area contributed by atoms with Crippen LogP contribution in [0.1, 0.15) is 31.7 Å². The van der Waals surface area contributed by atoms with Crippen LogP contribution < -0.4 is 4.74 Å². The summed E-state index contributed by atoms with van der Waals surface area (Å²) in [4.78, 5) is 2.58. The molecule has 2 aliphatic heterocycles. The van der Waals surface area contributed by atoms with Crippen molar-refractivity contribution in [2.24, 2.45) is 5.41 Å². The summed E-state index contributed by atoms with van der Waals surface area (Å²) >= 11 is 0. The van der Waals surface area contributed by atoms with Gasteiger partial charge in [0.2, 0.25) is 0 Å². The number of piperidine rings is 1. The molecule has 0 radical (unpaired) electrons. The number of aryl methyl sites for hydroxylation is 1. The van der Waals surface area contributed by atoms with E-state index in [0.717, 1.165) is 45.0 Å². The zero-order chi connectivity index (χ0) is 14.5. The van der Waals surface area contributed by atoms with Gasteiger partial charge in [0.1, 0.15) is 5.75 Å². The largest absolute Gasteiger partial charge is 0.494 e. The molecule has 21 heavy (non-hydrogen) atoms.